The lowest BCUT2D eigenvalue weighted by molar-refractivity contribution is -0.145. The van der Waals surface area contributed by atoms with Crippen molar-refractivity contribution in [1.29, 1.82) is 0 Å². The number of aryl methyl sites for hydroxylation is 1. The fraction of sp³-hybridized carbons (Fsp3) is 0.333. The molecule has 0 amide bonds. The van der Waals surface area contributed by atoms with Crippen LogP contribution < -0.4 is 11.3 Å². The Balaban J connectivity index is 2.39. The molecule has 7 nitrogen and oxygen atoms in total. The van der Waals surface area contributed by atoms with Gasteiger partial charge in [-0.2, -0.15) is 13.2 Å². The smallest absolute Gasteiger partial charge is 0.309 e. The number of halogens is 3. The number of nitrogens with two attached hydrogens (primary N) is 1. The van der Waals surface area contributed by atoms with E-state index in [1.807, 2.05) is 0 Å². The SMILES string of the molecule is Cc1nnc(Sc2cc(NN)nc(C(F)(F)F)n2)n1C. The number of aromatic nitrogens is 5. The van der Waals surface area contributed by atoms with Crippen molar-refractivity contribution in [3.63, 3.8) is 0 Å². The Bertz CT molecular complexity index is 624. The van der Waals surface area contributed by atoms with Gasteiger partial charge < -0.3 is 9.99 Å². The molecule has 11 heteroatoms. The van der Waals surface area contributed by atoms with Crippen molar-refractivity contribution < 1.29 is 13.2 Å². The van der Waals surface area contributed by atoms with Crippen molar-refractivity contribution in [2.24, 2.45) is 12.9 Å². The molecular weight excluding hydrogens is 295 g/mol. The van der Waals surface area contributed by atoms with Crippen LogP contribution in [0.4, 0.5) is 19.0 Å². The number of nitrogens with one attached hydrogen (secondary N) is 1. The summed E-state index contributed by atoms with van der Waals surface area (Å²) in [6.45, 7) is 1.73. The fourth-order valence-electron chi connectivity index (χ4n) is 1.25. The van der Waals surface area contributed by atoms with Gasteiger partial charge in [-0.3, -0.25) is 0 Å². The Labute approximate surface area is 115 Å². The van der Waals surface area contributed by atoms with Gasteiger partial charge >= 0.3 is 6.18 Å². The topological polar surface area (TPSA) is 94.5 Å². The standard InChI is InChI=1S/C9H10F3N7S/c1-4-17-18-8(19(4)2)20-6-3-5(16-13)14-7(15-6)9(10,11)12/h3H,13H2,1-2H3,(H,14,15,16). The molecule has 2 aromatic heterocycles. The summed E-state index contributed by atoms with van der Waals surface area (Å²) in [5.41, 5.74) is 2.08. The van der Waals surface area contributed by atoms with Gasteiger partial charge in [0.15, 0.2) is 5.16 Å². The van der Waals surface area contributed by atoms with Crippen LogP contribution in [0.2, 0.25) is 0 Å². The molecule has 0 atom stereocenters. The number of anilines is 1. The lowest BCUT2D eigenvalue weighted by Gasteiger charge is -2.09. The Morgan fingerprint density at radius 2 is 2.00 bits per heavy atom. The first-order valence-electron chi connectivity index (χ1n) is 5.28. The van der Waals surface area contributed by atoms with E-state index in [-0.39, 0.29) is 10.8 Å². The van der Waals surface area contributed by atoms with Gasteiger partial charge in [-0.1, -0.05) is 0 Å². The fourth-order valence-corrected chi connectivity index (χ4v) is 2.09. The molecule has 2 aromatic rings. The Morgan fingerprint density at radius 3 is 2.50 bits per heavy atom. The molecule has 0 spiro atoms. The predicted octanol–water partition coefficient (Wildman–Crippen LogP) is 1.37. The third-order valence-electron chi connectivity index (χ3n) is 2.35. The van der Waals surface area contributed by atoms with Gasteiger partial charge in [0.1, 0.15) is 16.7 Å². The van der Waals surface area contributed by atoms with Crippen molar-refractivity contribution in [2.45, 2.75) is 23.3 Å². The summed E-state index contributed by atoms with van der Waals surface area (Å²) in [6.07, 6.45) is -4.65. The van der Waals surface area contributed by atoms with Crippen LogP contribution in [0.1, 0.15) is 11.6 Å². The third-order valence-corrected chi connectivity index (χ3v) is 3.31. The maximum atomic E-state index is 12.7. The lowest BCUT2D eigenvalue weighted by Crippen LogP contribution is -2.16. The van der Waals surface area contributed by atoms with Crippen LogP contribution >= 0.6 is 11.8 Å². The summed E-state index contributed by atoms with van der Waals surface area (Å²) in [5.74, 6) is 4.34. The second kappa shape index (κ2) is 5.25. The zero-order valence-corrected chi connectivity index (χ0v) is 11.2. The number of hydrogen-bond donors (Lipinski definition) is 2. The number of nitrogen functional groups attached to an aromatic ring is 1. The predicted molar refractivity (Wildman–Crippen MR) is 64.7 cm³/mol. The average molecular weight is 305 g/mol. The molecule has 0 aliphatic carbocycles. The van der Waals surface area contributed by atoms with E-state index in [2.05, 4.69) is 25.6 Å². The molecule has 0 bridgehead atoms. The van der Waals surface area contributed by atoms with E-state index >= 15 is 0 Å². The van der Waals surface area contributed by atoms with Gasteiger partial charge in [-0.25, -0.2) is 15.8 Å². The number of alkyl halides is 3. The van der Waals surface area contributed by atoms with E-state index in [4.69, 9.17) is 5.84 Å². The van der Waals surface area contributed by atoms with Crippen molar-refractivity contribution in [3.8, 4) is 0 Å². The van der Waals surface area contributed by atoms with Gasteiger partial charge in [0.05, 0.1) is 0 Å². The van der Waals surface area contributed by atoms with Gasteiger partial charge in [-0.15, -0.1) is 10.2 Å². The van der Waals surface area contributed by atoms with Crippen LogP contribution in [0.5, 0.6) is 0 Å². The van der Waals surface area contributed by atoms with Crippen LogP contribution in [-0.4, -0.2) is 24.7 Å². The molecule has 0 unspecified atom stereocenters. The molecule has 2 rings (SSSR count). The molecule has 2 heterocycles. The van der Waals surface area contributed by atoms with Gasteiger partial charge in [0, 0.05) is 13.1 Å². The number of hydrogen-bond acceptors (Lipinski definition) is 7. The minimum absolute atomic E-state index is 0.0655. The molecule has 0 saturated heterocycles. The molecule has 20 heavy (non-hydrogen) atoms. The van der Waals surface area contributed by atoms with E-state index in [9.17, 15) is 13.2 Å². The Hall–Kier alpha value is -1.88. The van der Waals surface area contributed by atoms with Crippen LogP contribution in [0.3, 0.4) is 0 Å². The summed E-state index contributed by atoms with van der Waals surface area (Å²) in [5, 5.41) is 8.13. The Morgan fingerprint density at radius 1 is 1.30 bits per heavy atom. The number of nitrogens with zero attached hydrogens (tertiary/aromatic N) is 5. The molecule has 0 aliphatic heterocycles. The van der Waals surface area contributed by atoms with Crippen molar-refractivity contribution >= 4 is 17.6 Å². The van der Waals surface area contributed by atoms with Gasteiger partial charge in [0.25, 0.3) is 0 Å². The van der Waals surface area contributed by atoms with Gasteiger partial charge in [-0.05, 0) is 18.7 Å². The van der Waals surface area contributed by atoms with E-state index in [1.165, 1.54) is 6.07 Å². The number of rotatable bonds is 3. The molecule has 0 radical (unpaired) electrons. The normalized spacial score (nSPS) is 11.7. The third kappa shape index (κ3) is 2.99. The summed E-state index contributed by atoms with van der Waals surface area (Å²) < 4.78 is 39.6. The monoisotopic (exact) mass is 305 g/mol. The highest BCUT2D eigenvalue weighted by atomic mass is 32.2. The molecule has 3 N–H and O–H groups in total. The van der Waals surface area contributed by atoms with E-state index < -0.39 is 12.0 Å². The van der Waals surface area contributed by atoms with E-state index in [0.29, 0.717) is 11.0 Å². The zero-order valence-electron chi connectivity index (χ0n) is 10.4. The molecule has 0 aromatic carbocycles. The highest BCUT2D eigenvalue weighted by Gasteiger charge is 2.35. The average Bonchev–Trinajstić information content (AvgIpc) is 2.69. The molecule has 0 saturated carbocycles. The summed E-state index contributed by atoms with van der Waals surface area (Å²) >= 11 is 0.938. The lowest BCUT2D eigenvalue weighted by atomic mass is 10.5. The zero-order chi connectivity index (χ0) is 14.9. The molecule has 0 fully saturated rings. The largest absolute Gasteiger partial charge is 0.451 e. The van der Waals surface area contributed by atoms with Crippen LogP contribution in [0.25, 0.3) is 0 Å². The summed E-state index contributed by atoms with van der Waals surface area (Å²) in [7, 11) is 1.70. The molecule has 0 aliphatic rings. The number of hydrazine groups is 1. The maximum Gasteiger partial charge on any atom is 0.451 e. The second-order valence-electron chi connectivity index (χ2n) is 3.75. The van der Waals surface area contributed by atoms with Crippen molar-refractivity contribution in [1.82, 2.24) is 24.7 Å². The summed E-state index contributed by atoms with van der Waals surface area (Å²) in [6, 6.07) is 1.30. The van der Waals surface area contributed by atoms with Crippen LogP contribution in [0.15, 0.2) is 16.2 Å². The first-order valence-corrected chi connectivity index (χ1v) is 6.09. The maximum absolute atomic E-state index is 12.7. The first-order chi connectivity index (χ1) is 9.31. The highest BCUT2D eigenvalue weighted by molar-refractivity contribution is 7.99. The quantitative estimate of drug-likeness (QED) is 0.502. The van der Waals surface area contributed by atoms with Crippen LogP contribution in [0, 0.1) is 6.92 Å². The van der Waals surface area contributed by atoms with Crippen LogP contribution in [-0.2, 0) is 13.2 Å². The van der Waals surface area contributed by atoms with Gasteiger partial charge in [0.2, 0.25) is 5.82 Å². The minimum Gasteiger partial charge on any atom is -0.309 e. The van der Waals surface area contributed by atoms with E-state index in [0.717, 1.165) is 11.8 Å². The summed E-state index contributed by atoms with van der Waals surface area (Å²) in [4.78, 5) is 6.71. The molecular formula is C9H10F3N7S. The van der Waals surface area contributed by atoms with Crippen molar-refractivity contribution in [3.05, 3.63) is 17.7 Å². The minimum atomic E-state index is -4.65. The van der Waals surface area contributed by atoms with E-state index in [1.54, 1.807) is 18.5 Å². The molecule has 108 valence electrons. The highest BCUT2D eigenvalue weighted by Crippen LogP contribution is 2.31. The first kappa shape index (κ1) is 14.5. The van der Waals surface area contributed by atoms with Crippen molar-refractivity contribution in [2.75, 3.05) is 5.43 Å². The Kier molecular flexibility index (Phi) is 3.81. The second-order valence-corrected chi connectivity index (χ2v) is 4.74.